The van der Waals surface area contributed by atoms with Gasteiger partial charge in [-0.3, -0.25) is 0 Å². The molecule has 0 bridgehead atoms. The highest BCUT2D eigenvalue weighted by molar-refractivity contribution is 4.81. The standard InChI is InChI=1S/C11H22O3/c1-3-6-13-8-10(12)9-5-7-14-11(9)4-2/h9-12H,3-8H2,1-2H3. The number of hydrogen-bond donors (Lipinski definition) is 1. The van der Waals surface area contributed by atoms with Gasteiger partial charge in [0.25, 0.3) is 0 Å². The summed E-state index contributed by atoms with van der Waals surface area (Å²) < 4.78 is 10.9. The largest absolute Gasteiger partial charge is 0.390 e. The van der Waals surface area contributed by atoms with Crippen LogP contribution in [0.1, 0.15) is 33.1 Å². The van der Waals surface area contributed by atoms with Crippen molar-refractivity contribution in [1.82, 2.24) is 0 Å². The second kappa shape index (κ2) is 6.38. The molecule has 1 N–H and O–H groups in total. The van der Waals surface area contributed by atoms with E-state index in [1.165, 1.54) is 0 Å². The zero-order valence-corrected chi connectivity index (χ0v) is 9.24. The average Bonchev–Trinajstić information content (AvgIpc) is 2.65. The number of rotatable bonds is 6. The molecule has 1 saturated heterocycles. The van der Waals surface area contributed by atoms with E-state index in [9.17, 15) is 5.11 Å². The highest BCUT2D eigenvalue weighted by atomic mass is 16.5. The molecule has 14 heavy (non-hydrogen) atoms. The van der Waals surface area contributed by atoms with Crippen molar-refractivity contribution < 1.29 is 14.6 Å². The second-order valence-corrected chi connectivity index (χ2v) is 3.91. The molecule has 3 nitrogen and oxygen atoms in total. The smallest absolute Gasteiger partial charge is 0.0827 e. The molecule has 1 fully saturated rings. The van der Waals surface area contributed by atoms with Crippen LogP contribution in [0.5, 0.6) is 0 Å². The van der Waals surface area contributed by atoms with Crippen LogP contribution in [0.15, 0.2) is 0 Å². The minimum atomic E-state index is -0.353. The molecular formula is C11H22O3. The van der Waals surface area contributed by atoms with E-state index in [-0.39, 0.29) is 18.1 Å². The average molecular weight is 202 g/mol. The van der Waals surface area contributed by atoms with Crippen molar-refractivity contribution in [3.8, 4) is 0 Å². The summed E-state index contributed by atoms with van der Waals surface area (Å²) in [5, 5.41) is 9.87. The van der Waals surface area contributed by atoms with E-state index in [4.69, 9.17) is 9.47 Å². The van der Waals surface area contributed by atoms with E-state index in [2.05, 4.69) is 13.8 Å². The second-order valence-electron chi connectivity index (χ2n) is 3.91. The van der Waals surface area contributed by atoms with Crippen molar-refractivity contribution in [1.29, 1.82) is 0 Å². The lowest BCUT2D eigenvalue weighted by molar-refractivity contribution is -0.0210. The van der Waals surface area contributed by atoms with Crippen LogP contribution in [0.2, 0.25) is 0 Å². The zero-order valence-electron chi connectivity index (χ0n) is 9.24. The number of aliphatic hydroxyl groups is 1. The van der Waals surface area contributed by atoms with Crippen LogP contribution < -0.4 is 0 Å². The van der Waals surface area contributed by atoms with Gasteiger partial charge < -0.3 is 14.6 Å². The Morgan fingerprint density at radius 1 is 1.50 bits per heavy atom. The summed E-state index contributed by atoms with van der Waals surface area (Å²) in [6, 6.07) is 0. The summed E-state index contributed by atoms with van der Waals surface area (Å²) in [5.74, 6) is 0.275. The van der Waals surface area contributed by atoms with Crippen molar-refractivity contribution in [3.63, 3.8) is 0 Å². The maximum Gasteiger partial charge on any atom is 0.0827 e. The van der Waals surface area contributed by atoms with Gasteiger partial charge in [-0.05, 0) is 19.3 Å². The third-order valence-corrected chi connectivity index (χ3v) is 2.79. The quantitative estimate of drug-likeness (QED) is 0.665. The Morgan fingerprint density at radius 2 is 2.29 bits per heavy atom. The van der Waals surface area contributed by atoms with Gasteiger partial charge in [0.2, 0.25) is 0 Å². The van der Waals surface area contributed by atoms with Crippen molar-refractivity contribution in [2.75, 3.05) is 19.8 Å². The summed E-state index contributed by atoms with van der Waals surface area (Å²) in [6.07, 6.45) is 2.83. The molecule has 0 aliphatic carbocycles. The van der Waals surface area contributed by atoms with E-state index in [1.807, 2.05) is 0 Å². The van der Waals surface area contributed by atoms with Crippen LogP contribution in [0.25, 0.3) is 0 Å². The topological polar surface area (TPSA) is 38.7 Å². The van der Waals surface area contributed by atoms with Gasteiger partial charge in [0.05, 0.1) is 18.8 Å². The van der Waals surface area contributed by atoms with E-state index < -0.39 is 0 Å². The molecular weight excluding hydrogens is 180 g/mol. The van der Waals surface area contributed by atoms with E-state index in [0.717, 1.165) is 32.5 Å². The van der Waals surface area contributed by atoms with Crippen molar-refractivity contribution >= 4 is 0 Å². The first-order valence-electron chi connectivity index (χ1n) is 5.67. The van der Waals surface area contributed by atoms with Gasteiger partial charge in [0.15, 0.2) is 0 Å². The SMILES string of the molecule is CCCOCC(O)C1CCOC1CC. The molecule has 0 saturated carbocycles. The monoisotopic (exact) mass is 202 g/mol. The normalized spacial score (nSPS) is 29.4. The first-order valence-corrected chi connectivity index (χ1v) is 5.67. The Hall–Kier alpha value is -0.120. The van der Waals surface area contributed by atoms with Gasteiger partial charge in [0, 0.05) is 19.1 Å². The number of hydrogen-bond acceptors (Lipinski definition) is 3. The summed E-state index contributed by atoms with van der Waals surface area (Å²) in [5.41, 5.74) is 0. The van der Waals surface area contributed by atoms with Crippen LogP contribution in [-0.4, -0.2) is 37.1 Å². The maximum atomic E-state index is 9.87. The maximum absolute atomic E-state index is 9.87. The molecule has 1 rings (SSSR count). The van der Waals surface area contributed by atoms with Crippen LogP contribution >= 0.6 is 0 Å². The van der Waals surface area contributed by atoms with E-state index in [0.29, 0.717) is 6.61 Å². The lowest BCUT2D eigenvalue weighted by atomic mass is 9.94. The minimum Gasteiger partial charge on any atom is -0.390 e. The first-order chi connectivity index (χ1) is 6.79. The molecule has 0 radical (unpaired) electrons. The zero-order chi connectivity index (χ0) is 10.4. The van der Waals surface area contributed by atoms with Gasteiger partial charge in [-0.2, -0.15) is 0 Å². The molecule has 1 aliphatic heterocycles. The molecule has 1 aliphatic rings. The molecule has 0 aromatic carbocycles. The summed E-state index contributed by atoms with van der Waals surface area (Å²) in [7, 11) is 0. The van der Waals surface area contributed by atoms with Gasteiger partial charge in [-0.25, -0.2) is 0 Å². The molecule has 3 heteroatoms. The highest BCUT2D eigenvalue weighted by Crippen LogP contribution is 2.26. The summed E-state index contributed by atoms with van der Waals surface area (Å²) >= 11 is 0. The fourth-order valence-corrected chi connectivity index (χ4v) is 2.00. The molecule has 3 unspecified atom stereocenters. The Bertz CT molecular complexity index is 149. The molecule has 1 heterocycles. The Balaban J connectivity index is 2.24. The fraction of sp³-hybridized carbons (Fsp3) is 1.00. The number of ether oxygens (including phenoxy) is 2. The minimum absolute atomic E-state index is 0.232. The molecule has 0 amide bonds. The van der Waals surface area contributed by atoms with Gasteiger partial charge in [0.1, 0.15) is 0 Å². The van der Waals surface area contributed by atoms with E-state index in [1.54, 1.807) is 0 Å². The Labute approximate surface area is 86.4 Å². The third-order valence-electron chi connectivity index (χ3n) is 2.79. The van der Waals surface area contributed by atoms with Crippen molar-refractivity contribution in [2.45, 2.75) is 45.3 Å². The van der Waals surface area contributed by atoms with Gasteiger partial charge >= 0.3 is 0 Å². The first kappa shape index (κ1) is 12.0. The molecule has 0 aromatic heterocycles. The lowest BCUT2D eigenvalue weighted by Gasteiger charge is -2.22. The molecule has 0 spiro atoms. The van der Waals surface area contributed by atoms with Gasteiger partial charge in [-0.15, -0.1) is 0 Å². The summed E-state index contributed by atoms with van der Waals surface area (Å²) in [4.78, 5) is 0. The van der Waals surface area contributed by atoms with Crippen molar-refractivity contribution in [3.05, 3.63) is 0 Å². The predicted molar refractivity (Wildman–Crippen MR) is 55.3 cm³/mol. The van der Waals surface area contributed by atoms with E-state index >= 15 is 0 Å². The summed E-state index contributed by atoms with van der Waals surface area (Å²) in [6.45, 7) is 6.15. The van der Waals surface area contributed by atoms with Gasteiger partial charge in [-0.1, -0.05) is 13.8 Å². The molecule has 3 atom stereocenters. The number of aliphatic hydroxyl groups excluding tert-OH is 1. The van der Waals surface area contributed by atoms with Crippen molar-refractivity contribution in [2.24, 2.45) is 5.92 Å². The van der Waals surface area contributed by atoms with Crippen LogP contribution in [0, 0.1) is 5.92 Å². The lowest BCUT2D eigenvalue weighted by Crippen LogP contribution is -2.31. The van der Waals surface area contributed by atoms with Crippen LogP contribution in [0.3, 0.4) is 0 Å². The van der Waals surface area contributed by atoms with Crippen LogP contribution in [0.4, 0.5) is 0 Å². The Morgan fingerprint density at radius 3 is 2.93 bits per heavy atom. The fourth-order valence-electron chi connectivity index (χ4n) is 2.00. The molecule has 0 aromatic rings. The van der Waals surface area contributed by atoms with Crippen LogP contribution in [-0.2, 0) is 9.47 Å². The highest BCUT2D eigenvalue weighted by Gasteiger charge is 2.32. The third kappa shape index (κ3) is 3.23. The predicted octanol–water partition coefficient (Wildman–Crippen LogP) is 1.59. The Kier molecular flexibility index (Phi) is 5.45. The molecule has 84 valence electrons.